The maximum atomic E-state index is 9.96. The van der Waals surface area contributed by atoms with E-state index in [-0.39, 0.29) is 15.6 Å². The first-order valence-electron chi connectivity index (χ1n) is 6.06. The van der Waals surface area contributed by atoms with Gasteiger partial charge in [0.05, 0.1) is 5.97 Å². The number of carbonyl (C=O) groups is 2. The van der Waals surface area contributed by atoms with E-state index in [0.717, 1.165) is 13.5 Å². The number of hydrogen-bond donors (Lipinski definition) is 0. The molecule has 0 aromatic rings. The minimum atomic E-state index is -1.35. The summed E-state index contributed by atoms with van der Waals surface area (Å²) in [5, 5.41) is 20.3. The smallest absolute Gasteiger partial charge is 0.435 e. The van der Waals surface area contributed by atoms with Gasteiger partial charge in [0.15, 0.2) is 6.29 Å². The molecule has 0 aromatic heterocycles. The molecule has 1 unspecified atom stereocenters. The Balaban J connectivity index is 0. The Bertz CT molecular complexity index is 216. The van der Waals surface area contributed by atoms with Crippen LogP contribution in [0.2, 0.25) is 5.28 Å². The second kappa shape index (κ2) is 15.4. The van der Waals surface area contributed by atoms with Crippen LogP contribution in [-0.4, -0.2) is 54.1 Å². The van der Waals surface area contributed by atoms with Crippen molar-refractivity contribution in [2.24, 2.45) is 0 Å². The molecule has 1 atom stereocenters. The van der Waals surface area contributed by atoms with Gasteiger partial charge in [-0.25, -0.2) is 0 Å². The Hall–Kier alpha value is -0.648. The molecule has 1 saturated heterocycles. The van der Waals surface area contributed by atoms with Gasteiger partial charge >= 0.3 is 15.6 Å². The van der Waals surface area contributed by atoms with Gasteiger partial charge in [-0.3, -0.25) is 0 Å². The van der Waals surface area contributed by atoms with Gasteiger partial charge in [0.2, 0.25) is 0 Å². The summed E-state index contributed by atoms with van der Waals surface area (Å²) in [4.78, 5) is 18.8. The number of ether oxygens (including phenoxy) is 2. The Labute approximate surface area is 119 Å². The number of carboxylic acids is 2. The van der Waals surface area contributed by atoms with Gasteiger partial charge in [-0.1, -0.05) is 11.7 Å². The lowest BCUT2D eigenvalue weighted by Crippen LogP contribution is -2.38. The summed E-state index contributed by atoms with van der Waals surface area (Å²) in [6.45, 7) is 4.01. The number of methoxy groups -OCH3 is 1. The molecule has 0 aromatic carbocycles. The lowest BCUT2D eigenvalue weighted by atomic mass is 10.4. The standard InChI is InChI=1S/C5H10O4.C4H8O.C2H4O2.Al.H/c1-3-9-5(8-2)4(6)7;1-2-3-4-5;1-2(3)4;;/h5H,3H2,1-2H3,(H,6,7);1-4H2;1H3,(H,3,4);;/q;-1;;+1;/p-2. The normalized spacial score (nSPS) is 14.7. The Morgan fingerprint density at radius 3 is 2.05 bits per heavy atom. The Morgan fingerprint density at radius 1 is 1.37 bits per heavy atom. The highest BCUT2D eigenvalue weighted by atomic mass is 27.1. The first-order chi connectivity index (χ1) is 8.95. The number of hydrogen-bond acceptors (Lipinski definition) is 7. The van der Waals surface area contributed by atoms with Gasteiger partial charge in [-0.2, -0.15) is 0 Å². The number of aliphatic carboxylic acids is 2. The largest absolute Gasteiger partial charge is 0.550 e. The molecule has 0 radical (unpaired) electrons. The molecule has 0 bridgehead atoms. The van der Waals surface area contributed by atoms with E-state index in [1.807, 2.05) is 0 Å². The van der Waals surface area contributed by atoms with Crippen LogP contribution in [-0.2, 0) is 22.9 Å². The summed E-state index contributed by atoms with van der Waals surface area (Å²) < 4.78 is 14.1. The molecule has 0 saturated carbocycles. The van der Waals surface area contributed by atoms with Crippen molar-refractivity contribution in [1.29, 1.82) is 0 Å². The number of carbonyl (C=O) groups excluding carboxylic acids is 2. The molecule has 0 spiro atoms. The molecule has 1 aliphatic rings. The van der Waals surface area contributed by atoms with Gasteiger partial charge in [0, 0.05) is 26.3 Å². The van der Waals surface area contributed by atoms with Gasteiger partial charge in [0.1, 0.15) is 0 Å². The highest BCUT2D eigenvalue weighted by Crippen LogP contribution is 2.01. The van der Waals surface area contributed by atoms with Gasteiger partial charge in [-0.05, 0) is 20.3 Å². The van der Waals surface area contributed by atoms with Crippen LogP contribution in [0.3, 0.4) is 0 Å². The van der Waals surface area contributed by atoms with Crippen LogP contribution in [0.4, 0.5) is 0 Å². The van der Waals surface area contributed by atoms with Crippen molar-refractivity contribution in [2.75, 3.05) is 20.3 Å². The van der Waals surface area contributed by atoms with E-state index in [9.17, 15) is 9.90 Å². The van der Waals surface area contributed by atoms with Crippen LogP contribution in [0.1, 0.15) is 26.7 Å². The summed E-state index contributed by atoms with van der Waals surface area (Å²) in [5.41, 5.74) is 0. The van der Waals surface area contributed by atoms with E-state index in [4.69, 9.17) is 13.7 Å². The average Bonchev–Trinajstić information content (AvgIpc) is 2.37. The zero-order valence-corrected chi connectivity index (χ0v) is 13.1. The van der Waals surface area contributed by atoms with Crippen LogP contribution in [0.5, 0.6) is 0 Å². The van der Waals surface area contributed by atoms with Crippen LogP contribution in [0, 0.1) is 0 Å². The summed E-state index contributed by atoms with van der Waals surface area (Å²) in [6.07, 6.45) is 1.52. The van der Waals surface area contributed by atoms with Crippen LogP contribution in [0.25, 0.3) is 0 Å². The molecule has 1 fully saturated rings. The van der Waals surface area contributed by atoms with E-state index < -0.39 is 18.2 Å². The fraction of sp³-hybridized carbons (Fsp3) is 0.818. The van der Waals surface area contributed by atoms with E-state index in [1.54, 1.807) is 6.92 Å². The maximum absolute atomic E-state index is 9.96. The van der Waals surface area contributed by atoms with Crippen molar-refractivity contribution in [1.82, 2.24) is 0 Å². The molecular formula is C11H21AlO7-2. The monoisotopic (exact) mass is 292 g/mol. The molecule has 19 heavy (non-hydrogen) atoms. The lowest BCUT2D eigenvalue weighted by molar-refractivity contribution is -0.332. The molecule has 1 rings (SSSR count). The highest BCUT2D eigenvalue weighted by Gasteiger charge is 2.04. The fourth-order valence-electron chi connectivity index (χ4n) is 1.07. The average molecular weight is 292 g/mol. The minimum absolute atomic E-state index is 0.00849. The summed E-state index contributed by atoms with van der Waals surface area (Å²) in [6, 6.07) is 0. The highest BCUT2D eigenvalue weighted by molar-refractivity contribution is 6.27. The second-order valence-corrected chi connectivity index (χ2v) is 5.03. The van der Waals surface area contributed by atoms with Crippen LogP contribution >= 0.6 is 0 Å². The molecule has 7 nitrogen and oxygen atoms in total. The molecular weight excluding hydrogens is 271 g/mol. The zero-order chi connectivity index (χ0) is 15.1. The minimum Gasteiger partial charge on any atom is -0.550 e. The van der Waals surface area contributed by atoms with Crippen LogP contribution in [0.15, 0.2) is 0 Å². The van der Waals surface area contributed by atoms with Gasteiger partial charge < -0.3 is 33.1 Å². The van der Waals surface area contributed by atoms with Crippen molar-refractivity contribution in [2.45, 2.75) is 38.3 Å². The third-order valence-corrected chi connectivity index (χ3v) is 3.17. The predicted molar refractivity (Wildman–Crippen MR) is 65.3 cm³/mol. The SMILES string of the molecule is C1C[CH2][AlH][O]C1.CC(=O)[O-].CCOC(OC)C(=O)[O-]. The third kappa shape index (κ3) is 19.9. The van der Waals surface area contributed by atoms with E-state index >= 15 is 0 Å². The number of carboxylic acid groups (broad SMARTS) is 2. The van der Waals surface area contributed by atoms with Crippen molar-refractivity contribution in [3.63, 3.8) is 0 Å². The van der Waals surface area contributed by atoms with E-state index in [1.165, 1.54) is 25.2 Å². The van der Waals surface area contributed by atoms with Gasteiger partial charge in [-0.15, -0.1) is 0 Å². The zero-order valence-electron chi connectivity index (χ0n) is 11.7. The molecule has 1 heterocycles. The Kier molecular flexibility index (Phi) is 16.8. The molecule has 0 N–H and O–H groups in total. The van der Waals surface area contributed by atoms with Crippen LogP contribution < -0.4 is 10.2 Å². The first-order valence-corrected chi connectivity index (χ1v) is 7.64. The summed E-state index contributed by atoms with van der Waals surface area (Å²) in [5.74, 6) is -2.43. The number of rotatable bonds is 4. The molecule has 112 valence electrons. The fourth-order valence-corrected chi connectivity index (χ4v) is 2.24. The summed E-state index contributed by atoms with van der Waals surface area (Å²) >= 11 is 0.00849. The topological polar surface area (TPSA) is 108 Å². The molecule has 8 heteroatoms. The molecule has 1 aliphatic heterocycles. The second-order valence-electron chi connectivity index (χ2n) is 3.51. The first kappa shape index (κ1) is 20.7. The van der Waals surface area contributed by atoms with E-state index in [0.29, 0.717) is 6.61 Å². The maximum Gasteiger partial charge on any atom is 0.435 e. The van der Waals surface area contributed by atoms with Crippen molar-refractivity contribution in [3.05, 3.63) is 0 Å². The van der Waals surface area contributed by atoms with Crippen molar-refractivity contribution >= 4 is 27.5 Å². The lowest BCUT2D eigenvalue weighted by Gasteiger charge is -2.14. The van der Waals surface area contributed by atoms with Gasteiger partial charge in [0.25, 0.3) is 0 Å². The van der Waals surface area contributed by atoms with Crippen molar-refractivity contribution < 1.29 is 33.1 Å². The van der Waals surface area contributed by atoms with Crippen molar-refractivity contribution in [3.8, 4) is 0 Å². The predicted octanol–water partition coefficient (Wildman–Crippen LogP) is -1.93. The quantitative estimate of drug-likeness (QED) is 0.438. The molecule has 0 aliphatic carbocycles. The summed E-state index contributed by atoms with van der Waals surface area (Å²) in [7, 11) is 1.25. The Morgan fingerprint density at radius 2 is 1.95 bits per heavy atom. The molecule has 0 amide bonds. The third-order valence-electron chi connectivity index (χ3n) is 1.80. The van der Waals surface area contributed by atoms with E-state index in [2.05, 4.69) is 9.47 Å².